The van der Waals surface area contributed by atoms with Crippen molar-refractivity contribution in [3.8, 4) is 0 Å². The largest absolute Gasteiger partial charge is 0.366 e. The van der Waals surface area contributed by atoms with Gasteiger partial charge in [-0.2, -0.15) is 0 Å². The highest BCUT2D eigenvalue weighted by molar-refractivity contribution is 7.99. The summed E-state index contributed by atoms with van der Waals surface area (Å²) in [6.45, 7) is 3.99. The van der Waals surface area contributed by atoms with E-state index in [-0.39, 0.29) is 29.8 Å². The highest BCUT2D eigenvalue weighted by Crippen LogP contribution is 2.32. The second kappa shape index (κ2) is 7.33. The first-order valence-electron chi connectivity index (χ1n) is 8.31. The predicted molar refractivity (Wildman–Crippen MR) is 101 cm³/mol. The maximum absolute atomic E-state index is 12.4. The predicted octanol–water partition coefficient (Wildman–Crippen LogP) is 2.14. The smallest absolute Gasteiger partial charge is 0.254 e. The average molecular weight is 372 g/mol. The van der Waals surface area contributed by atoms with Gasteiger partial charge in [0, 0.05) is 29.5 Å². The number of nitrogens with one attached hydrogen (secondary N) is 1. The van der Waals surface area contributed by atoms with Gasteiger partial charge in [0.1, 0.15) is 0 Å². The monoisotopic (exact) mass is 372 g/mol. The molecule has 0 aliphatic carbocycles. The zero-order valence-corrected chi connectivity index (χ0v) is 15.4. The lowest BCUT2D eigenvalue weighted by molar-refractivity contribution is -0.116. The molecular formula is C18H20N4O3S. The number of aromatic nitrogens is 2. The minimum atomic E-state index is -0.518. The quantitative estimate of drug-likeness (QED) is 0.782. The molecule has 0 spiro atoms. The Hall–Kier alpha value is -2.61. The van der Waals surface area contributed by atoms with Crippen LogP contribution in [0.5, 0.6) is 0 Å². The van der Waals surface area contributed by atoms with Crippen LogP contribution in [-0.4, -0.2) is 27.1 Å². The third-order valence-corrected chi connectivity index (χ3v) is 5.27. The zero-order valence-electron chi connectivity index (χ0n) is 14.6. The topological polar surface area (TPSA) is 107 Å². The molecule has 0 radical (unpaired) electrons. The zero-order chi connectivity index (χ0) is 18.8. The highest BCUT2D eigenvalue weighted by atomic mass is 32.2. The van der Waals surface area contributed by atoms with Crippen molar-refractivity contribution in [2.45, 2.75) is 37.4 Å². The van der Waals surface area contributed by atoms with Gasteiger partial charge in [-0.1, -0.05) is 25.6 Å². The molecule has 1 aliphatic heterocycles. The molecule has 0 saturated carbocycles. The van der Waals surface area contributed by atoms with Gasteiger partial charge in [0.25, 0.3) is 5.56 Å². The summed E-state index contributed by atoms with van der Waals surface area (Å²) in [5.74, 6) is 0.0998. The summed E-state index contributed by atoms with van der Waals surface area (Å²) in [5.41, 5.74) is 6.80. The molecule has 1 unspecified atom stereocenters. The van der Waals surface area contributed by atoms with Crippen LogP contribution in [-0.2, 0) is 4.79 Å². The molecule has 3 N–H and O–H groups in total. The number of amides is 2. The summed E-state index contributed by atoms with van der Waals surface area (Å²) in [5, 5.41) is 3.45. The summed E-state index contributed by atoms with van der Waals surface area (Å²) in [7, 11) is 0. The second-order valence-corrected chi connectivity index (χ2v) is 7.47. The van der Waals surface area contributed by atoms with E-state index in [1.807, 2.05) is 13.8 Å². The molecule has 136 valence electrons. The molecule has 1 atom stereocenters. The molecule has 0 fully saturated rings. The lowest BCUT2D eigenvalue weighted by Crippen LogP contribution is -2.28. The van der Waals surface area contributed by atoms with Gasteiger partial charge in [0.05, 0.1) is 11.7 Å². The molecule has 26 heavy (non-hydrogen) atoms. The van der Waals surface area contributed by atoms with Crippen LogP contribution in [0.25, 0.3) is 0 Å². The Bertz CT molecular complexity index is 906. The summed E-state index contributed by atoms with van der Waals surface area (Å²) >= 11 is 1.50. The Labute approximate surface area is 155 Å². The molecule has 2 heterocycles. The lowest BCUT2D eigenvalue weighted by atomic mass is 10.1. The average Bonchev–Trinajstić information content (AvgIpc) is 2.98. The van der Waals surface area contributed by atoms with E-state index < -0.39 is 5.91 Å². The molecule has 7 nitrogen and oxygen atoms in total. The van der Waals surface area contributed by atoms with E-state index in [2.05, 4.69) is 10.3 Å². The first kappa shape index (κ1) is 18.2. The van der Waals surface area contributed by atoms with Crippen molar-refractivity contribution in [1.29, 1.82) is 0 Å². The number of anilines is 1. The van der Waals surface area contributed by atoms with Crippen LogP contribution in [0.2, 0.25) is 0 Å². The van der Waals surface area contributed by atoms with Gasteiger partial charge >= 0.3 is 0 Å². The van der Waals surface area contributed by atoms with Crippen LogP contribution in [0.1, 0.15) is 48.3 Å². The number of nitrogens with two attached hydrogens (primary N) is 1. The fraction of sp³-hybridized carbons (Fsp3) is 0.333. The molecular weight excluding hydrogens is 352 g/mol. The van der Waals surface area contributed by atoms with E-state index in [0.717, 1.165) is 5.69 Å². The van der Waals surface area contributed by atoms with E-state index in [4.69, 9.17) is 5.73 Å². The molecule has 8 heteroatoms. The van der Waals surface area contributed by atoms with Gasteiger partial charge in [-0.15, -0.1) is 0 Å². The molecule has 2 amide bonds. The lowest BCUT2D eigenvalue weighted by Gasteiger charge is -2.14. The second-order valence-electron chi connectivity index (χ2n) is 6.49. The Balaban J connectivity index is 1.70. The SMILES string of the molecule is CC(C)c1cc(=O)n2c(n1)SCC2CC(=O)Nc1ccc(C(N)=O)cc1. The van der Waals surface area contributed by atoms with E-state index in [1.165, 1.54) is 11.8 Å². The van der Waals surface area contributed by atoms with Gasteiger partial charge < -0.3 is 11.1 Å². The summed E-state index contributed by atoms with van der Waals surface area (Å²) in [6, 6.07) is 7.69. The first-order valence-corrected chi connectivity index (χ1v) is 9.29. The molecule has 1 aliphatic rings. The van der Waals surface area contributed by atoms with Crippen molar-refractivity contribution in [2.75, 3.05) is 11.1 Å². The van der Waals surface area contributed by atoms with Crippen molar-refractivity contribution in [3.63, 3.8) is 0 Å². The van der Waals surface area contributed by atoms with Crippen molar-refractivity contribution < 1.29 is 9.59 Å². The summed E-state index contributed by atoms with van der Waals surface area (Å²) < 4.78 is 1.60. The maximum Gasteiger partial charge on any atom is 0.254 e. The minimum absolute atomic E-state index is 0.118. The minimum Gasteiger partial charge on any atom is -0.366 e. The van der Waals surface area contributed by atoms with Gasteiger partial charge in [0.2, 0.25) is 11.8 Å². The normalized spacial score (nSPS) is 15.7. The molecule has 2 aromatic rings. The Kier molecular flexibility index (Phi) is 5.13. The Morgan fingerprint density at radius 1 is 1.35 bits per heavy atom. The van der Waals surface area contributed by atoms with Crippen molar-refractivity contribution in [1.82, 2.24) is 9.55 Å². The van der Waals surface area contributed by atoms with Crippen LogP contribution in [0.4, 0.5) is 5.69 Å². The van der Waals surface area contributed by atoms with Crippen LogP contribution in [0.15, 0.2) is 40.3 Å². The third-order valence-electron chi connectivity index (χ3n) is 4.18. The number of fused-ring (bicyclic) bond motifs is 1. The van der Waals surface area contributed by atoms with E-state index in [1.54, 1.807) is 34.9 Å². The number of rotatable bonds is 5. The van der Waals surface area contributed by atoms with E-state index in [9.17, 15) is 14.4 Å². The fourth-order valence-electron chi connectivity index (χ4n) is 2.76. The molecule has 0 saturated heterocycles. The molecule has 1 aromatic carbocycles. The van der Waals surface area contributed by atoms with Gasteiger partial charge in [-0.25, -0.2) is 4.98 Å². The number of thioether (sulfide) groups is 1. The van der Waals surface area contributed by atoms with Crippen molar-refractivity contribution in [3.05, 3.63) is 51.9 Å². The Morgan fingerprint density at radius 3 is 2.65 bits per heavy atom. The van der Waals surface area contributed by atoms with Crippen molar-refractivity contribution in [2.24, 2.45) is 5.73 Å². The number of hydrogen-bond acceptors (Lipinski definition) is 5. The number of carbonyl (C=O) groups excluding carboxylic acids is 2. The number of hydrogen-bond donors (Lipinski definition) is 2. The highest BCUT2D eigenvalue weighted by Gasteiger charge is 2.28. The number of carbonyl (C=O) groups is 2. The number of nitrogens with zero attached hydrogens (tertiary/aromatic N) is 2. The van der Waals surface area contributed by atoms with Gasteiger partial charge in [0.15, 0.2) is 5.16 Å². The number of primary amides is 1. The Morgan fingerprint density at radius 2 is 2.04 bits per heavy atom. The standard InChI is InChI=1S/C18H20N4O3S/c1-10(2)14-8-16(24)22-13(9-26-18(22)21-14)7-15(23)20-12-5-3-11(4-6-12)17(19)25/h3-6,8,10,13H,7,9H2,1-2H3,(H2,19,25)(H,20,23). The van der Waals surface area contributed by atoms with Gasteiger partial charge in [-0.3, -0.25) is 19.0 Å². The van der Waals surface area contributed by atoms with Crippen LogP contribution < -0.4 is 16.6 Å². The van der Waals surface area contributed by atoms with Gasteiger partial charge in [-0.05, 0) is 30.2 Å². The fourth-order valence-corrected chi connectivity index (χ4v) is 3.92. The number of benzene rings is 1. The summed E-state index contributed by atoms with van der Waals surface area (Å²) in [6.07, 6.45) is 0.181. The first-order chi connectivity index (χ1) is 12.3. The summed E-state index contributed by atoms with van der Waals surface area (Å²) in [4.78, 5) is 40.4. The third kappa shape index (κ3) is 3.80. The maximum atomic E-state index is 12.4. The van der Waals surface area contributed by atoms with Crippen LogP contribution in [0, 0.1) is 0 Å². The molecule has 0 bridgehead atoms. The van der Waals surface area contributed by atoms with Crippen LogP contribution >= 0.6 is 11.8 Å². The van der Waals surface area contributed by atoms with Crippen molar-refractivity contribution >= 4 is 29.3 Å². The van der Waals surface area contributed by atoms with E-state index in [0.29, 0.717) is 22.2 Å². The molecule has 1 aromatic heterocycles. The van der Waals surface area contributed by atoms with E-state index >= 15 is 0 Å². The van der Waals surface area contributed by atoms with Crippen LogP contribution in [0.3, 0.4) is 0 Å². The molecule has 3 rings (SSSR count).